The molecule has 0 unspecified atom stereocenters. The van der Waals surface area contributed by atoms with Gasteiger partial charge in [0.1, 0.15) is 11.6 Å². The van der Waals surface area contributed by atoms with Crippen molar-refractivity contribution in [3.05, 3.63) is 64.9 Å². The van der Waals surface area contributed by atoms with Crippen LogP contribution < -0.4 is 9.64 Å². The maximum absolute atomic E-state index is 5.25. The van der Waals surface area contributed by atoms with Crippen molar-refractivity contribution >= 4 is 17.0 Å². The zero-order chi connectivity index (χ0) is 15.4. The summed E-state index contributed by atoms with van der Waals surface area (Å²) < 4.78 is 7.31. The lowest BCUT2D eigenvalue weighted by molar-refractivity contribution is 0.415. The molecule has 0 saturated heterocycles. The molecule has 3 rings (SSSR count). The fourth-order valence-corrected chi connectivity index (χ4v) is 3.06. The van der Waals surface area contributed by atoms with E-state index in [9.17, 15) is 0 Å². The number of rotatable bonds is 6. The van der Waals surface area contributed by atoms with Crippen LogP contribution in [0.2, 0.25) is 0 Å². The summed E-state index contributed by atoms with van der Waals surface area (Å²) >= 11 is 1.78. The van der Waals surface area contributed by atoms with Crippen molar-refractivity contribution in [3.63, 3.8) is 0 Å². The molecule has 114 valence electrons. The van der Waals surface area contributed by atoms with Gasteiger partial charge in [-0.3, -0.25) is 0 Å². The van der Waals surface area contributed by atoms with Crippen molar-refractivity contribution in [2.45, 2.75) is 13.1 Å². The summed E-state index contributed by atoms with van der Waals surface area (Å²) in [7, 11) is 3.71. The van der Waals surface area contributed by atoms with Gasteiger partial charge in [0, 0.05) is 30.0 Å². The van der Waals surface area contributed by atoms with Gasteiger partial charge in [0.2, 0.25) is 0 Å². The molecule has 0 aliphatic heterocycles. The molecule has 3 aromatic rings. The summed E-state index contributed by atoms with van der Waals surface area (Å²) in [6, 6.07) is 12.4. The summed E-state index contributed by atoms with van der Waals surface area (Å²) in [6.45, 7) is 1.64. The lowest BCUT2D eigenvalue weighted by Gasteiger charge is -2.24. The molecule has 0 aliphatic carbocycles. The average molecular weight is 313 g/mol. The van der Waals surface area contributed by atoms with E-state index in [1.54, 1.807) is 18.4 Å². The predicted molar refractivity (Wildman–Crippen MR) is 90.4 cm³/mol. The van der Waals surface area contributed by atoms with Gasteiger partial charge in [0.15, 0.2) is 0 Å². The third-order valence-corrected chi connectivity index (χ3v) is 4.48. The zero-order valence-corrected chi connectivity index (χ0v) is 13.6. The van der Waals surface area contributed by atoms with E-state index in [1.165, 1.54) is 4.88 Å². The average Bonchev–Trinajstić information content (AvgIpc) is 3.19. The van der Waals surface area contributed by atoms with Gasteiger partial charge in [-0.05, 0) is 35.7 Å². The van der Waals surface area contributed by atoms with Crippen LogP contribution in [0, 0.1) is 0 Å². The Bertz CT molecular complexity index is 704. The number of ether oxygens (including phenoxy) is 1. The Hall–Kier alpha value is -2.27. The number of anilines is 1. The third-order valence-electron chi connectivity index (χ3n) is 3.62. The SMILES string of the molecule is COc1ccc(N(Cc2cccs2)Cc2nccn2C)cc1. The smallest absolute Gasteiger partial charge is 0.128 e. The van der Waals surface area contributed by atoms with E-state index in [0.717, 1.165) is 30.4 Å². The monoisotopic (exact) mass is 313 g/mol. The Labute approximate surface area is 134 Å². The highest BCUT2D eigenvalue weighted by atomic mass is 32.1. The van der Waals surface area contributed by atoms with Crippen LogP contribution in [0.4, 0.5) is 5.69 Å². The summed E-state index contributed by atoms with van der Waals surface area (Å²) in [4.78, 5) is 8.11. The first kappa shape index (κ1) is 14.7. The number of hydrogen-bond acceptors (Lipinski definition) is 4. The van der Waals surface area contributed by atoms with E-state index in [-0.39, 0.29) is 0 Å². The Balaban J connectivity index is 1.85. The minimum atomic E-state index is 0.772. The van der Waals surface area contributed by atoms with Crippen LogP contribution in [0.15, 0.2) is 54.2 Å². The summed E-state index contributed by atoms with van der Waals surface area (Å²) in [5, 5.41) is 2.11. The molecular weight excluding hydrogens is 294 g/mol. The molecular formula is C17H19N3OS. The molecule has 22 heavy (non-hydrogen) atoms. The van der Waals surface area contributed by atoms with E-state index < -0.39 is 0 Å². The van der Waals surface area contributed by atoms with Crippen LogP contribution in [0.3, 0.4) is 0 Å². The molecule has 0 radical (unpaired) electrons. The second-order valence-corrected chi connectivity index (χ2v) is 6.12. The number of thiophene rings is 1. The van der Waals surface area contributed by atoms with Gasteiger partial charge in [-0.1, -0.05) is 6.07 Å². The molecule has 0 atom stereocenters. The van der Waals surface area contributed by atoms with E-state index in [1.807, 2.05) is 31.6 Å². The van der Waals surface area contributed by atoms with Gasteiger partial charge in [0.05, 0.1) is 20.2 Å². The largest absolute Gasteiger partial charge is 0.497 e. The van der Waals surface area contributed by atoms with Crippen molar-refractivity contribution in [2.24, 2.45) is 7.05 Å². The fourth-order valence-electron chi connectivity index (χ4n) is 2.34. The zero-order valence-electron chi connectivity index (χ0n) is 12.8. The molecule has 0 N–H and O–H groups in total. The lowest BCUT2D eigenvalue weighted by Crippen LogP contribution is -2.23. The first-order valence-corrected chi connectivity index (χ1v) is 8.02. The van der Waals surface area contributed by atoms with Gasteiger partial charge in [-0.25, -0.2) is 4.98 Å². The van der Waals surface area contributed by atoms with E-state index >= 15 is 0 Å². The van der Waals surface area contributed by atoms with Crippen LogP contribution in [0.5, 0.6) is 5.75 Å². The van der Waals surface area contributed by atoms with E-state index in [0.29, 0.717) is 0 Å². The molecule has 0 spiro atoms. The third kappa shape index (κ3) is 3.31. The van der Waals surface area contributed by atoms with Crippen LogP contribution in [0.25, 0.3) is 0 Å². The Morgan fingerprint density at radius 2 is 2.00 bits per heavy atom. The number of nitrogens with zero attached hydrogens (tertiary/aromatic N) is 3. The Morgan fingerprint density at radius 1 is 1.18 bits per heavy atom. The van der Waals surface area contributed by atoms with Gasteiger partial charge >= 0.3 is 0 Å². The minimum Gasteiger partial charge on any atom is -0.497 e. The summed E-state index contributed by atoms with van der Waals surface area (Å²) in [5.74, 6) is 1.92. The first-order chi connectivity index (χ1) is 10.8. The Kier molecular flexibility index (Phi) is 4.44. The molecule has 0 bridgehead atoms. The van der Waals surface area contributed by atoms with Crippen molar-refractivity contribution < 1.29 is 4.74 Å². The topological polar surface area (TPSA) is 30.3 Å². The van der Waals surface area contributed by atoms with E-state index in [4.69, 9.17) is 4.74 Å². The molecule has 0 aliphatic rings. The van der Waals surface area contributed by atoms with Gasteiger partial charge in [-0.2, -0.15) is 0 Å². The van der Waals surface area contributed by atoms with Crippen molar-refractivity contribution in [3.8, 4) is 5.75 Å². The van der Waals surface area contributed by atoms with E-state index in [2.05, 4.69) is 44.1 Å². The molecule has 2 heterocycles. The van der Waals surface area contributed by atoms with Crippen LogP contribution >= 0.6 is 11.3 Å². The predicted octanol–water partition coefficient (Wildman–Crippen LogP) is 3.70. The maximum atomic E-state index is 5.25. The molecule has 5 heteroatoms. The molecule has 1 aromatic carbocycles. The fraction of sp³-hybridized carbons (Fsp3) is 0.235. The number of imidazole rings is 1. The van der Waals surface area contributed by atoms with Gasteiger partial charge in [-0.15, -0.1) is 11.3 Å². The normalized spacial score (nSPS) is 10.6. The number of aromatic nitrogens is 2. The summed E-state index contributed by atoms with van der Waals surface area (Å²) in [5.41, 5.74) is 1.16. The maximum Gasteiger partial charge on any atom is 0.128 e. The summed E-state index contributed by atoms with van der Waals surface area (Å²) in [6.07, 6.45) is 3.82. The molecule has 2 aromatic heterocycles. The number of benzene rings is 1. The highest BCUT2D eigenvalue weighted by Gasteiger charge is 2.12. The molecule has 0 fully saturated rings. The second-order valence-electron chi connectivity index (χ2n) is 5.09. The number of methoxy groups -OCH3 is 1. The quantitative estimate of drug-likeness (QED) is 0.695. The number of aryl methyl sites for hydroxylation is 1. The van der Waals surface area contributed by atoms with Crippen molar-refractivity contribution in [1.82, 2.24) is 9.55 Å². The van der Waals surface area contributed by atoms with Gasteiger partial charge in [0.25, 0.3) is 0 Å². The molecule has 0 saturated carbocycles. The minimum absolute atomic E-state index is 0.772. The highest BCUT2D eigenvalue weighted by Crippen LogP contribution is 2.24. The second kappa shape index (κ2) is 6.66. The first-order valence-electron chi connectivity index (χ1n) is 7.14. The van der Waals surface area contributed by atoms with Crippen LogP contribution in [-0.2, 0) is 20.1 Å². The van der Waals surface area contributed by atoms with Crippen molar-refractivity contribution in [2.75, 3.05) is 12.0 Å². The molecule has 0 amide bonds. The number of hydrogen-bond donors (Lipinski definition) is 0. The van der Waals surface area contributed by atoms with Crippen LogP contribution in [-0.4, -0.2) is 16.7 Å². The van der Waals surface area contributed by atoms with Crippen molar-refractivity contribution in [1.29, 1.82) is 0 Å². The highest BCUT2D eigenvalue weighted by molar-refractivity contribution is 7.09. The van der Waals surface area contributed by atoms with Gasteiger partial charge < -0.3 is 14.2 Å². The lowest BCUT2D eigenvalue weighted by atomic mass is 10.2. The standard InChI is InChI=1S/C17H19N3OS/c1-19-10-9-18-17(19)13-20(12-16-4-3-11-22-16)14-5-7-15(21-2)8-6-14/h3-11H,12-13H2,1-2H3. The van der Waals surface area contributed by atoms with Crippen LogP contribution in [0.1, 0.15) is 10.7 Å². The molecule has 4 nitrogen and oxygen atoms in total. The Morgan fingerprint density at radius 3 is 2.59 bits per heavy atom.